The van der Waals surface area contributed by atoms with Crippen molar-refractivity contribution < 1.29 is 4.79 Å². The number of fused-ring (bicyclic) bond motifs is 1. The van der Waals surface area contributed by atoms with Crippen molar-refractivity contribution in [3.63, 3.8) is 0 Å². The van der Waals surface area contributed by atoms with E-state index >= 15 is 0 Å². The van der Waals surface area contributed by atoms with Crippen LogP contribution in [0.15, 0.2) is 24.3 Å². The molecule has 17 heavy (non-hydrogen) atoms. The van der Waals surface area contributed by atoms with Gasteiger partial charge in [0.05, 0.1) is 5.92 Å². The van der Waals surface area contributed by atoms with Crippen LogP contribution >= 0.6 is 12.4 Å². The molecule has 2 unspecified atom stereocenters. The number of benzene rings is 1. The second-order valence-corrected chi connectivity index (χ2v) is 4.65. The molecule has 0 spiro atoms. The van der Waals surface area contributed by atoms with Crippen LogP contribution in [-0.2, 0) is 11.2 Å². The highest BCUT2D eigenvalue weighted by molar-refractivity contribution is 5.87. The van der Waals surface area contributed by atoms with E-state index in [1.54, 1.807) is 0 Å². The van der Waals surface area contributed by atoms with Crippen LogP contribution in [0.4, 0.5) is 0 Å². The van der Waals surface area contributed by atoms with Crippen molar-refractivity contribution in [3.05, 3.63) is 35.4 Å². The number of carbonyl (C=O) groups is 1. The zero-order valence-corrected chi connectivity index (χ0v) is 10.4. The Morgan fingerprint density at radius 3 is 2.88 bits per heavy atom. The van der Waals surface area contributed by atoms with Crippen molar-refractivity contribution in [1.82, 2.24) is 10.6 Å². The normalized spacial score (nSPS) is 25.4. The summed E-state index contributed by atoms with van der Waals surface area (Å²) < 4.78 is 0. The molecule has 1 aromatic rings. The van der Waals surface area contributed by atoms with Gasteiger partial charge < -0.3 is 10.6 Å². The van der Waals surface area contributed by atoms with Gasteiger partial charge in [-0.05, 0) is 30.5 Å². The molecule has 2 aliphatic rings. The number of hydrogen-bond acceptors (Lipinski definition) is 2. The fourth-order valence-corrected chi connectivity index (χ4v) is 2.57. The van der Waals surface area contributed by atoms with Crippen LogP contribution in [0, 0.1) is 0 Å². The predicted molar refractivity (Wildman–Crippen MR) is 69.6 cm³/mol. The number of amides is 1. The van der Waals surface area contributed by atoms with Crippen molar-refractivity contribution in [2.45, 2.75) is 24.8 Å². The van der Waals surface area contributed by atoms with Gasteiger partial charge in [-0.3, -0.25) is 4.79 Å². The van der Waals surface area contributed by atoms with Crippen LogP contribution in [0.1, 0.15) is 23.5 Å². The maximum atomic E-state index is 12.0. The third kappa shape index (κ3) is 2.31. The summed E-state index contributed by atoms with van der Waals surface area (Å²) in [7, 11) is 0. The van der Waals surface area contributed by atoms with Gasteiger partial charge in [-0.15, -0.1) is 12.4 Å². The van der Waals surface area contributed by atoms with Crippen LogP contribution in [0.5, 0.6) is 0 Å². The standard InChI is InChI=1S/C13H16N2O.ClH/c16-13(15-10-5-6-14-8-10)12-7-9-3-1-2-4-11(9)12;/h1-4,10,12,14H,5-8H2,(H,15,16);1H. The lowest BCUT2D eigenvalue weighted by Crippen LogP contribution is -2.42. The van der Waals surface area contributed by atoms with Crippen molar-refractivity contribution in [3.8, 4) is 0 Å². The molecule has 1 aliphatic carbocycles. The summed E-state index contributed by atoms with van der Waals surface area (Å²) >= 11 is 0. The monoisotopic (exact) mass is 252 g/mol. The fourth-order valence-electron chi connectivity index (χ4n) is 2.57. The molecule has 1 saturated heterocycles. The molecule has 0 bridgehead atoms. The van der Waals surface area contributed by atoms with Gasteiger partial charge in [-0.2, -0.15) is 0 Å². The van der Waals surface area contributed by atoms with Crippen LogP contribution in [-0.4, -0.2) is 25.0 Å². The SMILES string of the molecule is Cl.O=C(NC1CCNC1)C1Cc2ccccc21. The molecule has 4 heteroatoms. The first kappa shape index (κ1) is 12.4. The molecule has 0 saturated carbocycles. The Morgan fingerprint density at radius 2 is 2.18 bits per heavy atom. The minimum absolute atomic E-state index is 0. The first-order valence-electron chi connectivity index (χ1n) is 5.93. The molecule has 1 fully saturated rings. The van der Waals surface area contributed by atoms with Gasteiger partial charge in [-0.1, -0.05) is 24.3 Å². The lowest BCUT2D eigenvalue weighted by atomic mass is 9.77. The maximum absolute atomic E-state index is 12.0. The van der Waals surface area contributed by atoms with E-state index in [4.69, 9.17) is 0 Å². The average Bonchev–Trinajstić information content (AvgIpc) is 2.72. The van der Waals surface area contributed by atoms with E-state index < -0.39 is 0 Å². The van der Waals surface area contributed by atoms with Gasteiger partial charge in [0, 0.05) is 12.6 Å². The van der Waals surface area contributed by atoms with Crippen LogP contribution in [0.2, 0.25) is 0 Å². The summed E-state index contributed by atoms with van der Waals surface area (Å²) in [4.78, 5) is 12.0. The molecule has 1 heterocycles. The molecule has 3 nitrogen and oxygen atoms in total. The lowest BCUT2D eigenvalue weighted by Gasteiger charge is -2.29. The van der Waals surface area contributed by atoms with E-state index in [1.165, 1.54) is 11.1 Å². The maximum Gasteiger partial charge on any atom is 0.228 e. The van der Waals surface area contributed by atoms with Gasteiger partial charge in [0.15, 0.2) is 0 Å². The quantitative estimate of drug-likeness (QED) is 0.831. The third-order valence-corrected chi connectivity index (χ3v) is 3.58. The van der Waals surface area contributed by atoms with Crippen LogP contribution < -0.4 is 10.6 Å². The summed E-state index contributed by atoms with van der Waals surface area (Å²) in [5, 5.41) is 6.38. The zero-order chi connectivity index (χ0) is 11.0. The van der Waals surface area contributed by atoms with Crippen molar-refractivity contribution in [1.29, 1.82) is 0 Å². The van der Waals surface area contributed by atoms with Gasteiger partial charge in [0.25, 0.3) is 0 Å². The highest BCUT2D eigenvalue weighted by Gasteiger charge is 2.32. The van der Waals surface area contributed by atoms with Crippen molar-refractivity contribution in [2.24, 2.45) is 0 Å². The Hall–Kier alpha value is -1.06. The van der Waals surface area contributed by atoms with Gasteiger partial charge in [0.2, 0.25) is 5.91 Å². The number of rotatable bonds is 2. The molecule has 92 valence electrons. The van der Waals surface area contributed by atoms with Crippen molar-refractivity contribution in [2.75, 3.05) is 13.1 Å². The molecule has 1 aromatic carbocycles. The molecular weight excluding hydrogens is 236 g/mol. The van der Waals surface area contributed by atoms with Gasteiger partial charge in [0.1, 0.15) is 0 Å². The summed E-state index contributed by atoms with van der Waals surface area (Å²) in [5.41, 5.74) is 2.54. The van der Waals surface area contributed by atoms with E-state index in [0.717, 1.165) is 25.9 Å². The lowest BCUT2D eigenvalue weighted by molar-refractivity contribution is -0.123. The molecule has 0 radical (unpaired) electrons. The highest BCUT2D eigenvalue weighted by atomic mass is 35.5. The average molecular weight is 253 g/mol. The summed E-state index contributed by atoms with van der Waals surface area (Å²) in [6.45, 7) is 1.94. The Morgan fingerprint density at radius 1 is 1.35 bits per heavy atom. The fraction of sp³-hybridized carbons (Fsp3) is 0.462. The summed E-state index contributed by atoms with van der Waals surface area (Å²) in [6.07, 6.45) is 1.96. The van der Waals surface area contributed by atoms with Crippen LogP contribution in [0.25, 0.3) is 0 Å². The Bertz CT molecular complexity index is 416. The van der Waals surface area contributed by atoms with Gasteiger partial charge in [-0.25, -0.2) is 0 Å². The van der Waals surface area contributed by atoms with E-state index in [1.807, 2.05) is 12.1 Å². The summed E-state index contributed by atoms with van der Waals surface area (Å²) in [6, 6.07) is 8.55. The smallest absolute Gasteiger partial charge is 0.228 e. The Balaban J connectivity index is 0.00000108. The molecule has 2 N–H and O–H groups in total. The third-order valence-electron chi connectivity index (χ3n) is 3.58. The van der Waals surface area contributed by atoms with E-state index in [9.17, 15) is 4.79 Å². The number of halogens is 1. The molecule has 1 amide bonds. The van der Waals surface area contributed by atoms with Gasteiger partial charge >= 0.3 is 0 Å². The molecule has 2 atom stereocenters. The second-order valence-electron chi connectivity index (χ2n) is 4.65. The number of nitrogens with one attached hydrogen (secondary N) is 2. The van der Waals surface area contributed by atoms with Crippen molar-refractivity contribution >= 4 is 18.3 Å². The van der Waals surface area contributed by atoms with E-state index in [0.29, 0.717) is 6.04 Å². The largest absolute Gasteiger partial charge is 0.352 e. The molecule has 0 aromatic heterocycles. The first-order chi connectivity index (χ1) is 7.84. The Labute approximate surface area is 107 Å². The predicted octanol–water partition coefficient (Wildman–Crippen LogP) is 1.23. The second kappa shape index (κ2) is 5.07. The Kier molecular flexibility index (Phi) is 3.69. The highest BCUT2D eigenvalue weighted by Crippen LogP contribution is 2.34. The topological polar surface area (TPSA) is 41.1 Å². The van der Waals surface area contributed by atoms with E-state index in [2.05, 4.69) is 22.8 Å². The number of carbonyl (C=O) groups excluding carboxylic acids is 1. The molecule has 3 rings (SSSR count). The van der Waals surface area contributed by atoms with Crippen LogP contribution in [0.3, 0.4) is 0 Å². The summed E-state index contributed by atoms with van der Waals surface area (Å²) in [5.74, 6) is 0.296. The van der Waals surface area contributed by atoms with E-state index in [-0.39, 0.29) is 24.2 Å². The molecule has 1 aliphatic heterocycles. The zero-order valence-electron chi connectivity index (χ0n) is 9.61. The first-order valence-corrected chi connectivity index (χ1v) is 5.93. The molecular formula is C13H17ClN2O. The minimum atomic E-state index is 0. The number of hydrogen-bond donors (Lipinski definition) is 2. The minimum Gasteiger partial charge on any atom is -0.352 e.